The van der Waals surface area contributed by atoms with E-state index in [1.807, 2.05) is 6.07 Å². The quantitative estimate of drug-likeness (QED) is 0.357. The molecule has 0 unspecified atom stereocenters. The lowest BCUT2D eigenvalue weighted by atomic mass is 10.1. The molecule has 0 aliphatic heterocycles. The van der Waals surface area contributed by atoms with Gasteiger partial charge in [0.05, 0.1) is 6.10 Å². The predicted molar refractivity (Wildman–Crippen MR) is 75.6 cm³/mol. The molecule has 0 saturated carbocycles. The van der Waals surface area contributed by atoms with Crippen LogP contribution in [-0.2, 0) is 9.53 Å². The van der Waals surface area contributed by atoms with E-state index in [4.69, 9.17) is 21.2 Å². The van der Waals surface area contributed by atoms with Crippen LogP contribution in [0.3, 0.4) is 0 Å². The van der Waals surface area contributed by atoms with Gasteiger partial charge in [-0.1, -0.05) is 24.1 Å². The van der Waals surface area contributed by atoms with Crippen LogP contribution >= 0.6 is 0 Å². The number of para-hydroxylation sites is 1. The Balaban J connectivity index is 3.05. The number of ether oxygens (including phenoxy) is 2. The highest BCUT2D eigenvalue weighted by molar-refractivity contribution is 5.98. The standard InChI is InChI=1S/C16H15NO3/c1-4-9-19-15-8-6-5-7-13(15)10-14(11-17)16(18)20-12(2)3/h1,5-8,10,12H,9H2,2-3H3. The van der Waals surface area contributed by atoms with Crippen LogP contribution in [0, 0.1) is 23.7 Å². The molecule has 102 valence electrons. The molecule has 0 aliphatic rings. The average Bonchev–Trinajstić information content (AvgIpc) is 2.42. The first-order chi connectivity index (χ1) is 9.58. The van der Waals surface area contributed by atoms with Crippen LogP contribution in [0.2, 0.25) is 0 Å². The second kappa shape index (κ2) is 7.66. The van der Waals surface area contributed by atoms with Gasteiger partial charge in [0.2, 0.25) is 0 Å². The maximum Gasteiger partial charge on any atom is 0.349 e. The van der Waals surface area contributed by atoms with Crippen molar-refractivity contribution in [3.63, 3.8) is 0 Å². The van der Waals surface area contributed by atoms with Crippen molar-refractivity contribution in [1.29, 1.82) is 5.26 Å². The lowest BCUT2D eigenvalue weighted by molar-refractivity contribution is -0.142. The minimum atomic E-state index is -0.658. The number of nitriles is 1. The highest BCUT2D eigenvalue weighted by Gasteiger charge is 2.13. The largest absolute Gasteiger partial charge is 0.480 e. The van der Waals surface area contributed by atoms with Crippen LogP contribution in [0.25, 0.3) is 6.08 Å². The van der Waals surface area contributed by atoms with E-state index in [2.05, 4.69) is 5.92 Å². The number of terminal acetylenes is 1. The van der Waals surface area contributed by atoms with Gasteiger partial charge < -0.3 is 9.47 Å². The molecule has 0 N–H and O–H groups in total. The Hall–Kier alpha value is -2.72. The summed E-state index contributed by atoms with van der Waals surface area (Å²) < 4.78 is 10.3. The summed E-state index contributed by atoms with van der Waals surface area (Å²) in [7, 11) is 0. The van der Waals surface area contributed by atoms with E-state index >= 15 is 0 Å². The van der Waals surface area contributed by atoms with Crippen molar-refractivity contribution in [3.05, 3.63) is 35.4 Å². The van der Waals surface area contributed by atoms with Crippen LogP contribution in [-0.4, -0.2) is 18.7 Å². The van der Waals surface area contributed by atoms with Gasteiger partial charge in [-0.15, -0.1) is 6.42 Å². The summed E-state index contributed by atoms with van der Waals surface area (Å²) in [6.45, 7) is 3.55. The fourth-order valence-corrected chi connectivity index (χ4v) is 1.42. The molecule has 1 rings (SSSR count). The molecule has 0 atom stereocenters. The molecule has 0 amide bonds. The minimum absolute atomic E-state index is 0.0875. The van der Waals surface area contributed by atoms with Gasteiger partial charge in [0, 0.05) is 5.56 Å². The van der Waals surface area contributed by atoms with E-state index in [1.165, 1.54) is 6.08 Å². The van der Waals surface area contributed by atoms with Crippen molar-refractivity contribution in [2.24, 2.45) is 0 Å². The Morgan fingerprint density at radius 3 is 2.75 bits per heavy atom. The van der Waals surface area contributed by atoms with E-state index in [-0.39, 0.29) is 18.3 Å². The summed E-state index contributed by atoms with van der Waals surface area (Å²) >= 11 is 0. The molecule has 0 bridgehead atoms. The third-order valence-corrected chi connectivity index (χ3v) is 2.21. The smallest absolute Gasteiger partial charge is 0.349 e. The molecule has 20 heavy (non-hydrogen) atoms. The Morgan fingerprint density at radius 1 is 1.45 bits per heavy atom. The highest BCUT2D eigenvalue weighted by atomic mass is 16.5. The van der Waals surface area contributed by atoms with Gasteiger partial charge in [0.15, 0.2) is 0 Å². The van der Waals surface area contributed by atoms with Gasteiger partial charge in [0.1, 0.15) is 24.0 Å². The Labute approximate surface area is 118 Å². The SMILES string of the molecule is C#CCOc1ccccc1C=C(C#N)C(=O)OC(C)C. The topological polar surface area (TPSA) is 59.3 Å². The number of hydrogen-bond donors (Lipinski definition) is 0. The second-order valence-electron chi connectivity index (χ2n) is 4.15. The molecule has 0 radical (unpaired) electrons. The van der Waals surface area contributed by atoms with E-state index in [9.17, 15) is 4.79 Å². The van der Waals surface area contributed by atoms with Crippen LogP contribution in [0.4, 0.5) is 0 Å². The summed E-state index contributed by atoms with van der Waals surface area (Å²) in [6, 6.07) is 8.83. The van der Waals surface area contributed by atoms with Gasteiger partial charge >= 0.3 is 5.97 Å². The number of carbonyl (C=O) groups excluding carboxylic acids is 1. The van der Waals surface area contributed by atoms with E-state index in [0.717, 1.165) is 0 Å². The van der Waals surface area contributed by atoms with Gasteiger partial charge in [-0.2, -0.15) is 5.26 Å². The fraction of sp³-hybridized carbons (Fsp3) is 0.250. The fourth-order valence-electron chi connectivity index (χ4n) is 1.42. The third kappa shape index (κ3) is 4.51. The van der Waals surface area contributed by atoms with Crippen molar-refractivity contribution in [3.8, 4) is 24.2 Å². The molecule has 0 heterocycles. The van der Waals surface area contributed by atoms with E-state index in [1.54, 1.807) is 38.1 Å². The molecule has 1 aromatic carbocycles. The zero-order chi connectivity index (χ0) is 15.0. The maximum absolute atomic E-state index is 11.7. The third-order valence-electron chi connectivity index (χ3n) is 2.21. The van der Waals surface area contributed by atoms with E-state index < -0.39 is 5.97 Å². The zero-order valence-electron chi connectivity index (χ0n) is 11.4. The molecular formula is C16H15NO3. The van der Waals surface area contributed by atoms with Crippen molar-refractivity contribution in [2.45, 2.75) is 20.0 Å². The Kier molecular flexibility index (Phi) is 5.87. The number of hydrogen-bond acceptors (Lipinski definition) is 4. The van der Waals surface area contributed by atoms with Gasteiger partial charge in [0.25, 0.3) is 0 Å². The van der Waals surface area contributed by atoms with Gasteiger partial charge in [-0.3, -0.25) is 0 Å². The van der Waals surface area contributed by atoms with Crippen molar-refractivity contribution in [2.75, 3.05) is 6.61 Å². The first-order valence-electron chi connectivity index (χ1n) is 6.06. The lowest BCUT2D eigenvalue weighted by Crippen LogP contribution is -2.12. The lowest BCUT2D eigenvalue weighted by Gasteiger charge is -2.08. The van der Waals surface area contributed by atoms with Gasteiger partial charge in [-0.25, -0.2) is 4.79 Å². The number of benzene rings is 1. The monoisotopic (exact) mass is 269 g/mol. The average molecular weight is 269 g/mol. The predicted octanol–water partition coefficient (Wildman–Crippen LogP) is 2.56. The van der Waals surface area contributed by atoms with Crippen molar-refractivity contribution < 1.29 is 14.3 Å². The molecule has 4 heteroatoms. The molecular weight excluding hydrogens is 254 g/mol. The number of carbonyl (C=O) groups is 1. The molecule has 0 spiro atoms. The van der Waals surface area contributed by atoms with Crippen LogP contribution < -0.4 is 4.74 Å². The summed E-state index contributed by atoms with van der Waals surface area (Å²) in [4.78, 5) is 11.7. The van der Waals surface area contributed by atoms with Crippen molar-refractivity contribution in [1.82, 2.24) is 0 Å². The highest BCUT2D eigenvalue weighted by Crippen LogP contribution is 2.21. The van der Waals surface area contributed by atoms with E-state index in [0.29, 0.717) is 11.3 Å². The zero-order valence-corrected chi connectivity index (χ0v) is 11.4. The van der Waals surface area contributed by atoms with Crippen LogP contribution in [0.15, 0.2) is 29.8 Å². The maximum atomic E-state index is 11.7. The summed E-state index contributed by atoms with van der Waals surface area (Å²) in [6.07, 6.45) is 6.28. The normalized spacial score (nSPS) is 10.6. The Morgan fingerprint density at radius 2 is 2.15 bits per heavy atom. The molecule has 1 aromatic rings. The first kappa shape index (κ1) is 15.3. The first-order valence-corrected chi connectivity index (χ1v) is 6.06. The number of esters is 1. The summed E-state index contributed by atoms with van der Waals surface area (Å²) in [5, 5.41) is 9.05. The molecule has 0 aliphatic carbocycles. The second-order valence-corrected chi connectivity index (χ2v) is 4.15. The minimum Gasteiger partial charge on any atom is -0.480 e. The molecule has 0 saturated heterocycles. The molecule has 4 nitrogen and oxygen atoms in total. The summed E-state index contributed by atoms with van der Waals surface area (Å²) in [5.74, 6) is 2.21. The number of rotatable bonds is 5. The number of nitrogens with zero attached hydrogens (tertiary/aromatic N) is 1. The van der Waals surface area contributed by atoms with Crippen molar-refractivity contribution >= 4 is 12.0 Å². The van der Waals surface area contributed by atoms with Crippen LogP contribution in [0.5, 0.6) is 5.75 Å². The van der Waals surface area contributed by atoms with Gasteiger partial charge in [-0.05, 0) is 26.0 Å². The molecule has 0 fully saturated rings. The van der Waals surface area contributed by atoms with Crippen LogP contribution in [0.1, 0.15) is 19.4 Å². The molecule has 0 aromatic heterocycles. The summed E-state index contributed by atoms with van der Waals surface area (Å²) in [5.41, 5.74) is 0.510. The Bertz CT molecular complexity index is 588.